The van der Waals surface area contributed by atoms with Gasteiger partial charge in [0.05, 0.1) is 12.8 Å². The average molecular weight is 442 g/mol. The highest BCUT2D eigenvalue weighted by Gasteiger charge is 2.38. The van der Waals surface area contributed by atoms with Gasteiger partial charge in [-0.15, -0.1) is 0 Å². The predicted molar refractivity (Wildman–Crippen MR) is 106 cm³/mol. The summed E-state index contributed by atoms with van der Waals surface area (Å²) in [6.07, 6.45) is 5.17. The van der Waals surface area contributed by atoms with E-state index in [4.69, 9.17) is 15.0 Å². The standard InChI is InChI=1S/C19H26F2N4O3.CH2O2/c20-13-7-16(21)18(23-9-13)19(28)24-10-15-4-3-14(8-17(27)22-5-6-26)25(15)11-12-1-2-12;2-1-3/h7,9,12,14-15,26H,1-6,8,10-11H2,(H,22,27)(H,24,28);1H,(H,2,3)/t14-,15+;/m1./s1. The Morgan fingerprint density at radius 3 is 2.48 bits per heavy atom. The molecule has 3 rings (SSSR count). The number of halogens is 2. The molecule has 31 heavy (non-hydrogen) atoms. The monoisotopic (exact) mass is 442 g/mol. The van der Waals surface area contributed by atoms with Crippen LogP contribution in [0.1, 0.15) is 42.6 Å². The lowest BCUT2D eigenvalue weighted by Gasteiger charge is -2.30. The van der Waals surface area contributed by atoms with Crippen LogP contribution < -0.4 is 10.6 Å². The van der Waals surface area contributed by atoms with Gasteiger partial charge in [-0.1, -0.05) is 0 Å². The summed E-state index contributed by atoms with van der Waals surface area (Å²) in [7, 11) is 0. The number of carboxylic acid groups (broad SMARTS) is 1. The molecule has 2 aliphatic rings. The van der Waals surface area contributed by atoms with Crippen LogP contribution in [0, 0.1) is 17.6 Å². The largest absolute Gasteiger partial charge is 0.483 e. The molecule has 0 radical (unpaired) electrons. The topological polar surface area (TPSA) is 132 Å². The number of likely N-dealkylation sites (tertiary alicyclic amines) is 1. The number of carbonyl (C=O) groups excluding carboxylic acids is 2. The quantitative estimate of drug-likeness (QED) is 0.410. The van der Waals surface area contributed by atoms with Crippen LogP contribution in [0.3, 0.4) is 0 Å². The molecule has 2 atom stereocenters. The first-order valence-corrected chi connectivity index (χ1v) is 10.2. The second kappa shape index (κ2) is 12.3. The number of aliphatic hydroxyl groups is 1. The molecule has 0 unspecified atom stereocenters. The highest BCUT2D eigenvalue weighted by atomic mass is 19.1. The minimum Gasteiger partial charge on any atom is -0.483 e. The molecular weight excluding hydrogens is 414 g/mol. The molecule has 2 amide bonds. The normalized spacial score (nSPS) is 20.5. The summed E-state index contributed by atoms with van der Waals surface area (Å²) < 4.78 is 26.7. The fourth-order valence-electron chi connectivity index (χ4n) is 3.71. The van der Waals surface area contributed by atoms with Gasteiger partial charge >= 0.3 is 0 Å². The second-order valence-electron chi connectivity index (χ2n) is 7.60. The van der Waals surface area contributed by atoms with Crippen molar-refractivity contribution in [2.45, 2.75) is 44.2 Å². The van der Waals surface area contributed by atoms with Crippen molar-refractivity contribution in [3.63, 3.8) is 0 Å². The van der Waals surface area contributed by atoms with Crippen LogP contribution in [0.5, 0.6) is 0 Å². The van der Waals surface area contributed by atoms with Gasteiger partial charge in [0.15, 0.2) is 11.5 Å². The number of amides is 2. The second-order valence-corrected chi connectivity index (χ2v) is 7.60. The molecule has 11 heteroatoms. The first-order chi connectivity index (χ1) is 14.9. The van der Waals surface area contributed by atoms with Crippen molar-refractivity contribution in [1.82, 2.24) is 20.5 Å². The van der Waals surface area contributed by atoms with E-state index in [-0.39, 0.29) is 37.6 Å². The van der Waals surface area contributed by atoms with E-state index in [2.05, 4.69) is 20.5 Å². The summed E-state index contributed by atoms with van der Waals surface area (Å²) in [5, 5.41) is 21.1. The Morgan fingerprint density at radius 1 is 1.19 bits per heavy atom. The molecule has 1 aromatic heterocycles. The lowest BCUT2D eigenvalue weighted by Crippen LogP contribution is -2.45. The van der Waals surface area contributed by atoms with Crippen LogP contribution >= 0.6 is 0 Å². The van der Waals surface area contributed by atoms with Crippen LogP contribution in [0.25, 0.3) is 0 Å². The van der Waals surface area contributed by atoms with Crippen molar-refractivity contribution in [2.24, 2.45) is 5.92 Å². The third-order valence-corrected chi connectivity index (χ3v) is 5.31. The van der Waals surface area contributed by atoms with Gasteiger partial charge in [0.25, 0.3) is 12.4 Å². The first kappa shape index (κ1) is 24.6. The fraction of sp³-hybridized carbons (Fsp3) is 0.600. The fourth-order valence-corrected chi connectivity index (χ4v) is 3.71. The molecule has 1 aromatic rings. The number of rotatable bonds is 9. The molecular formula is C20H28F2N4O5. The lowest BCUT2D eigenvalue weighted by atomic mass is 10.1. The molecule has 172 valence electrons. The lowest BCUT2D eigenvalue weighted by molar-refractivity contribution is -0.123. The van der Waals surface area contributed by atoms with Gasteiger partial charge in [-0.25, -0.2) is 13.8 Å². The van der Waals surface area contributed by atoms with Crippen molar-refractivity contribution in [2.75, 3.05) is 26.2 Å². The zero-order chi connectivity index (χ0) is 22.8. The van der Waals surface area contributed by atoms with Crippen LogP contribution in [-0.2, 0) is 9.59 Å². The van der Waals surface area contributed by atoms with Crippen molar-refractivity contribution in [1.29, 1.82) is 0 Å². The first-order valence-electron chi connectivity index (χ1n) is 10.2. The Labute approximate surface area is 178 Å². The van der Waals surface area contributed by atoms with Crippen molar-refractivity contribution >= 4 is 18.3 Å². The third-order valence-electron chi connectivity index (χ3n) is 5.31. The molecule has 0 bridgehead atoms. The number of aromatic nitrogens is 1. The van der Waals surface area contributed by atoms with E-state index < -0.39 is 23.2 Å². The molecule has 1 saturated carbocycles. The zero-order valence-corrected chi connectivity index (χ0v) is 17.1. The Hall–Kier alpha value is -2.66. The highest BCUT2D eigenvalue weighted by molar-refractivity contribution is 5.92. The van der Waals surface area contributed by atoms with Crippen LogP contribution in [0.2, 0.25) is 0 Å². The SMILES string of the molecule is O=C(C[C@H]1CC[C@@H](CNC(=O)c2ncc(F)cc2F)N1CC1CC1)NCCO.O=CO. The summed E-state index contributed by atoms with van der Waals surface area (Å²) in [6.45, 7) is 1.09. The predicted octanol–water partition coefficient (Wildman–Crippen LogP) is 0.532. The van der Waals surface area contributed by atoms with E-state index in [0.717, 1.165) is 25.6 Å². The Morgan fingerprint density at radius 2 is 1.87 bits per heavy atom. The van der Waals surface area contributed by atoms with Gasteiger partial charge in [-0.3, -0.25) is 19.3 Å². The summed E-state index contributed by atoms with van der Waals surface area (Å²) in [4.78, 5) is 38.4. The molecule has 1 aliphatic heterocycles. The molecule has 9 nitrogen and oxygen atoms in total. The zero-order valence-electron chi connectivity index (χ0n) is 17.1. The van der Waals surface area contributed by atoms with E-state index in [9.17, 15) is 18.4 Å². The summed E-state index contributed by atoms with van der Waals surface area (Å²) >= 11 is 0. The van der Waals surface area contributed by atoms with Gasteiger partial charge in [0, 0.05) is 44.2 Å². The van der Waals surface area contributed by atoms with E-state index in [1.165, 1.54) is 12.8 Å². The summed E-state index contributed by atoms with van der Waals surface area (Å²) in [6, 6.07) is 0.781. The number of nitrogens with zero attached hydrogens (tertiary/aromatic N) is 2. The number of nitrogens with one attached hydrogen (secondary N) is 2. The molecule has 0 spiro atoms. The van der Waals surface area contributed by atoms with Gasteiger partial charge in [-0.05, 0) is 31.6 Å². The Kier molecular flexibility index (Phi) is 9.73. The minimum absolute atomic E-state index is 0.0590. The Balaban J connectivity index is 0.00000107. The maximum absolute atomic E-state index is 13.7. The summed E-state index contributed by atoms with van der Waals surface area (Å²) in [5.74, 6) is -1.97. The third kappa shape index (κ3) is 7.83. The van der Waals surface area contributed by atoms with E-state index in [1.807, 2.05) is 0 Å². The highest BCUT2D eigenvalue weighted by Crippen LogP contribution is 2.35. The van der Waals surface area contributed by atoms with Crippen molar-refractivity contribution < 1.29 is 33.4 Å². The van der Waals surface area contributed by atoms with E-state index >= 15 is 0 Å². The van der Waals surface area contributed by atoms with Crippen LogP contribution in [0.4, 0.5) is 8.78 Å². The van der Waals surface area contributed by atoms with Gasteiger partial charge in [0.2, 0.25) is 5.91 Å². The maximum atomic E-state index is 13.7. The molecule has 1 aliphatic carbocycles. The molecule has 0 aromatic carbocycles. The van der Waals surface area contributed by atoms with E-state index in [1.54, 1.807) is 0 Å². The van der Waals surface area contributed by atoms with Gasteiger partial charge in [-0.2, -0.15) is 0 Å². The number of carbonyl (C=O) groups is 3. The van der Waals surface area contributed by atoms with Crippen molar-refractivity contribution in [3.05, 3.63) is 29.6 Å². The van der Waals surface area contributed by atoms with Gasteiger partial charge in [0.1, 0.15) is 5.82 Å². The number of pyridine rings is 1. The molecule has 2 fully saturated rings. The van der Waals surface area contributed by atoms with Crippen molar-refractivity contribution in [3.8, 4) is 0 Å². The Bertz CT molecular complexity index is 763. The average Bonchev–Trinajstić information content (AvgIpc) is 3.47. The maximum Gasteiger partial charge on any atom is 0.290 e. The van der Waals surface area contributed by atoms with Gasteiger partial charge < -0.3 is 20.8 Å². The number of aliphatic hydroxyl groups excluding tert-OH is 1. The molecule has 4 N–H and O–H groups in total. The molecule has 1 saturated heterocycles. The number of hydrogen-bond acceptors (Lipinski definition) is 6. The molecule has 2 heterocycles. The summed E-state index contributed by atoms with van der Waals surface area (Å²) in [5.41, 5.74) is -0.423. The van der Waals surface area contributed by atoms with Crippen LogP contribution in [-0.4, -0.2) is 76.7 Å². The van der Waals surface area contributed by atoms with E-state index in [0.29, 0.717) is 24.9 Å². The van der Waals surface area contributed by atoms with Crippen LogP contribution in [0.15, 0.2) is 12.3 Å². The smallest absolute Gasteiger partial charge is 0.290 e. The minimum atomic E-state index is -0.989. The number of hydrogen-bond donors (Lipinski definition) is 4.